The quantitative estimate of drug-likeness (QED) is 0.699. The van der Waals surface area contributed by atoms with E-state index >= 15 is 0 Å². The molecule has 15 heavy (non-hydrogen) atoms. The minimum Gasteiger partial charge on any atom is -0.336 e. The summed E-state index contributed by atoms with van der Waals surface area (Å²) in [5, 5.41) is 0. The van der Waals surface area contributed by atoms with E-state index in [1.54, 1.807) is 0 Å². The van der Waals surface area contributed by atoms with Crippen molar-refractivity contribution in [2.75, 3.05) is 0 Å². The molecule has 0 aromatic carbocycles. The average Bonchev–Trinajstić information content (AvgIpc) is 2.86. The SMILES string of the molecule is CCC(C)(CC)C(=O)N1C2CCC1CC2. The number of carbonyl (C=O) groups excluding carboxylic acids is 1. The highest BCUT2D eigenvalue weighted by atomic mass is 16.2. The first-order valence-corrected chi connectivity index (χ1v) is 6.45. The predicted octanol–water partition coefficient (Wildman–Crippen LogP) is 2.97. The molecule has 0 aliphatic carbocycles. The van der Waals surface area contributed by atoms with Crippen LogP contribution in [0.25, 0.3) is 0 Å². The topological polar surface area (TPSA) is 20.3 Å². The van der Waals surface area contributed by atoms with Crippen molar-refractivity contribution >= 4 is 5.91 Å². The summed E-state index contributed by atoms with van der Waals surface area (Å²) < 4.78 is 0. The van der Waals surface area contributed by atoms with Crippen LogP contribution >= 0.6 is 0 Å². The summed E-state index contributed by atoms with van der Waals surface area (Å²) in [5.41, 5.74) is -0.106. The van der Waals surface area contributed by atoms with Crippen molar-refractivity contribution in [1.82, 2.24) is 4.90 Å². The van der Waals surface area contributed by atoms with Gasteiger partial charge in [-0.3, -0.25) is 4.79 Å². The van der Waals surface area contributed by atoms with Crippen molar-refractivity contribution in [2.24, 2.45) is 5.41 Å². The van der Waals surface area contributed by atoms with E-state index in [4.69, 9.17) is 0 Å². The Morgan fingerprint density at radius 3 is 1.87 bits per heavy atom. The van der Waals surface area contributed by atoms with Crippen LogP contribution in [0.2, 0.25) is 0 Å². The summed E-state index contributed by atoms with van der Waals surface area (Å²) in [6.45, 7) is 6.41. The monoisotopic (exact) mass is 209 g/mol. The lowest BCUT2D eigenvalue weighted by atomic mass is 9.83. The first kappa shape index (κ1) is 11.0. The molecular formula is C13H23NO. The van der Waals surface area contributed by atoms with Crippen molar-refractivity contribution in [1.29, 1.82) is 0 Å². The molecular weight excluding hydrogens is 186 g/mol. The number of nitrogens with zero attached hydrogens (tertiary/aromatic N) is 1. The third kappa shape index (κ3) is 1.58. The molecule has 2 saturated heterocycles. The van der Waals surface area contributed by atoms with Gasteiger partial charge >= 0.3 is 0 Å². The van der Waals surface area contributed by atoms with Crippen molar-refractivity contribution < 1.29 is 4.79 Å². The van der Waals surface area contributed by atoms with Gasteiger partial charge in [0, 0.05) is 17.5 Å². The number of carbonyl (C=O) groups is 1. The minimum atomic E-state index is -0.106. The Labute approximate surface area is 93.0 Å². The predicted molar refractivity (Wildman–Crippen MR) is 61.6 cm³/mol. The van der Waals surface area contributed by atoms with Crippen molar-refractivity contribution in [3.63, 3.8) is 0 Å². The van der Waals surface area contributed by atoms with Gasteiger partial charge in [0.05, 0.1) is 0 Å². The van der Waals surface area contributed by atoms with Crippen LogP contribution < -0.4 is 0 Å². The van der Waals surface area contributed by atoms with Gasteiger partial charge in [-0.25, -0.2) is 0 Å². The largest absolute Gasteiger partial charge is 0.336 e. The maximum absolute atomic E-state index is 12.5. The van der Waals surface area contributed by atoms with Crippen LogP contribution in [0, 0.1) is 5.41 Å². The molecule has 0 aromatic heterocycles. The normalized spacial score (nSPS) is 29.9. The van der Waals surface area contributed by atoms with Gasteiger partial charge in [0.2, 0.25) is 5.91 Å². The second-order valence-corrected chi connectivity index (χ2v) is 5.44. The standard InChI is InChI=1S/C13H23NO/c1-4-13(3,5-2)12(15)14-10-6-7-11(14)9-8-10/h10-11H,4-9H2,1-3H3. The summed E-state index contributed by atoms with van der Waals surface area (Å²) in [4.78, 5) is 14.7. The van der Waals surface area contributed by atoms with Crippen LogP contribution in [0.3, 0.4) is 0 Å². The van der Waals surface area contributed by atoms with E-state index in [9.17, 15) is 4.79 Å². The fraction of sp³-hybridized carbons (Fsp3) is 0.923. The van der Waals surface area contributed by atoms with E-state index in [0.29, 0.717) is 18.0 Å². The second-order valence-electron chi connectivity index (χ2n) is 5.44. The van der Waals surface area contributed by atoms with E-state index in [1.165, 1.54) is 25.7 Å². The second kappa shape index (κ2) is 3.80. The summed E-state index contributed by atoms with van der Waals surface area (Å²) in [6.07, 6.45) is 6.94. The van der Waals surface area contributed by atoms with Gasteiger partial charge in [0.25, 0.3) is 0 Å². The molecule has 0 radical (unpaired) electrons. The van der Waals surface area contributed by atoms with Crippen molar-refractivity contribution in [2.45, 2.75) is 71.4 Å². The van der Waals surface area contributed by atoms with Gasteiger partial charge in [-0.1, -0.05) is 20.8 Å². The van der Waals surface area contributed by atoms with Crippen LogP contribution in [0.5, 0.6) is 0 Å². The van der Waals surface area contributed by atoms with Gasteiger partial charge in [-0.05, 0) is 38.5 Å². The molecule has 0 saturated carbocycles. The Bertz CT molecular complexity index is 237. The summed E-state index contributed by atoms with van der Waals surface area (Å²) >= 11 is 0. The Balaban J connectivity index is 2.14. The number of rotatable bonds is 3. The Morgan fingerprint density at radius 2 is 1.53 bits per heavy atom. The Kier molecular flexibility index (Phi) is 2.78. The van der Waals surface area contributed by atoms with E-state index in [2.05, 4.69) is 25.7 Å². The van der Waals surface area contributed by atoms with Gasteiger partial charge in [-0.2, -0.15) is 0 Å². The first-order valence-electron chi connectivity index (χ1n) is 6.45. The molecule has 0 unspecified atom stereocenters. The Hall–Kier alpha value is -0.530. The zero-order chi connectivity index (χ0) is 11.1. The van der Waals surface area contributed by atoms with Crippen LogP contribution in [0.15, 0.2) is 0 Å². The van der Waals surface area contributed by atoms with Gasteiger partial charge in [0.1, 0.15) is 0 Å². The fourth-order valence-electron chi connectivity index (χ4n) is 3.11. The maximum Gasteiger partial charge on any atom is 0.228 e. The fourth-order valence-corrected chi connectivity index (χ4v) is 3.11. The lowest BCUT2D eigenvalue weighted by Crippen LogP contribution is -2.44. The molecule has 2 heteroatoms. The molecule has 0 N–H and O–H groups in total. The molecule has 0 spiro atoms. The first-order chi connectivity index (χ1) is 7.12. The minimum absolute atomic E-state index is 0.106. The molecule has 2 aliphatic heterocycles. The van der Waals surface area contributed by atoms with Crippen LogP contribution in [0.4, 0.5) is 0 Å². The van der Waals surface area contributed by atoms with E-state index in [1.807, 2.05) is 0 Å². The Morgan fingerprint density at radius 1 is 1.13 bits per heavy atom. The van der Waals surface area contributed by atoms with Gasteiger partial charge in [0.15, 0.2) is 0 Å². The molecule has 2 heterocycles. The third-order valence-electron chi connectivity index (χ3n) is 4.76. The van der Waals surface area contributed by atoms with E-state index in [-0.39, 0.29) is 5.41 Å². The zero-order valence-corrected chi connectivity index (χ0v) is 10.3. The maximum atomic E-state index is 12.5. The summed E-state index contributed by atoms with van der Waals surface area (Å²) in [5.74, 6) is 0.428. The van der Waals surface area contributed by atoms with Crippen molar-refractivity contribution in [3.05, 3.63) is 0 Å². The van der Waals surface area contributed by atoms with Crippen LogP contribution in [0.1, 0.15) is 59.3 Å². The number of hydrogen-bond acceptors (Lipinski definition) is 1. The molecule has 1 amide bonds. The molecule has 86 valence electrons. The van der Waals surface area contributed by atoms with E-state index < -0.39 is 0 Å². The average molecular weight is 209 g/mol. The lowest BCUT2D eigenvalue weighted by molar-refractivity contribution is -0.143. The molecule has 0 atom stereocenters. The number of amides is 1. The van der Waals surface area contributed by atoms with E-state index in [0.717, 1.165) is 12.8 Å². The summed E-state index contributed by atoms with van der Waals surface area (Å²) in [7, 11) is 0. The highest BCUT2D eigenvalue weighted by Crippen LogP contribution is 2.41. The lowest BCUT2D eigenvalue weighted by Gasteiger charge is -2.33. The number of fused-ring (bicyclic) bond motifs is 2. The van der Waals surface area contributed by atoms with Gasteiger partial charge < -0.3 is 4.90 Å². The van der Waals surface area contributed by atoms with Crippen LogP contribution in [-0.4, -0.2) is 22.9 Å². The van der Waals surface area contributed by atoms with Gasteiger partial charge in [-0.15, -0.1) is 0 Å². The zero-order valence-electron chi connectivity index (χ0n) is 10.3. The smallest absolute Gasteiger partial charge is 0.228 e. The molecule has 2 rings (SSSR count). The van der Waals surface area contributed by atoms with Crippen molar-refractivity contribution in [3.8, 4) is 0 Å². The molecule has 2 aliphatic rings. The third-order valence-corrected chi connectivity index (χ3v) is 4.76. The molecule has 2 nitrogen and oxygen atoms in total. The summed E-state index contributed by atoms with van der Waals surface area (Å²) in [6, 6.07) is 1.17. The highest BCUT2D eigenvalue weighted by Gasteiger charge is 2.46. The molecule has 2 bridgehead atoms. The van der Waals surface area contributed by atoms with Crippen LogP contribution in [-0.2, 0) is 4.79 Å². The number of hydrogen-bond donors (Lipinski definition) is 0. The molecule has 0 aromatic rings. The molecule has 2 fully saturated rings. The highest BCUT2D eigenvalue weighted by molar-refractivity contribution is 5.83.